The van der Waals surface area contributed by atoms with Crippen LogP contribution >= 0.6 is 0 Å². The van der Waals surface area contributed by atoms with E-state index in [0.29, 0.717) is 6.54 Å². The fourth-order valence-corrected chi connectivity index (χ4v) is 2.03. The van der Waals surface area contributed by atoms with E-state index in [0.717, 1.165) is 12.1 Å². The lowest BCUT2D eigenvalue weighted by Crippen LogP contribution is -2.11. The molecule has 0 bridgehead atoms. The first kappa shape index (κ1) is 14.5. The van der Waals surface area contributed by atoms with Crippen LogP contribution in [0.25, 0.3) is 11.1 Å². The highest BCUT2D eigenvalue weighted by molar-refractivity contribution is 5.67. The van der Waals surface area contributed by atoms with E-state index in [1.807, 2.05) is 6.92 Å². The quantitative estimate of drug-likeness (QED) is 0.898. The zero-order valence-corrected chi connectivity index (χ0v) is 11.5. The Morgan fingerprint density at radius 1 is 1.10 bits per heavy atom. The van der Waals surface area contributed by atoms with Crippen LogP contribution in [-0.2, 0) is 6.54 Å². The van der Waals surface area contributed by atoms with Crippen LogP contribution in [0.1, 0.15) is 12.5 Å². The molecule has 106 valence electrons. The van der Waals surface area contributed by atoms with E-state index >= 15 is 0 Å². The number of rotatable bonds is 5. The fourth-order valence-electron chi connectivity index (χ4n) is 2.03. The highest BCUT2D eigenvalue weighted by Crippen LogP contribution is 2.31. The van der Waals surface area contributed by atoms with Crippen molar-refractivity contribution in [1.82, 2.24) is 5.32 Å². The summed E-state index contributed by atoms with van der Waals surface area (Å²) in [7, 11) is 1.39. The Bertz CT molecular complexity index is 599. The van der Waals surface area contributed by atoms with Crippen molar-refractivity contribution >= 4 is 0 Å². The topological polar surface area (TPSA) is 21.3 Å². The van der Waals surface area contributed by atoms with Gasteiger partial charge in [0.15, 0.2) is 11.6 Å². The molecule has 0 aromatic heterocycles. The summed E-state index contributed by atoms with van der Waals surface area (Å²) in [6, 6.07) is 9.51. The van der Waals surface area contributed by atoms with Gasteiger partial charge in [-0.25, -0.2) is 8.78 Å². The van der Waals surface area contributed by atoms with Gasteiger partial charge in [0, 0.05) is 17.7 Å². The first-order chi connectivity index (χ1) is 9.67. The molecule has 0 spiro atoms. The minimum atomic E-state index is -0.548. The molecular weight excluding hydrogens is 260 g/mol. The van der Waals surface area contributed by atoms with Crippen molar-refractivity contribution < 1.29 is 13.5 Å². The Balaban J connectivity index is 2.38. The van der Waals surface area contributed by atoms with Crippen molar-refractivity contribution in [2.75, 3.05) is 13.7 Å². The van der Waals surface area contributed by atoms with Crippen molar-refractivity contribution in [1.29, 1.82) is 0 Å². The number of hydrogen-bond acceptors (Lipinski definition) is 2. The van der Waals surface area contributed by atoms with Gasteiger partial charge in [0.2, 0.25) is 0 Å². The van der Waals surface area contributed by atoms with Gasteiger partial charge in [0.05, 0.1) is 7.11 Å². The molecule has 0 aliphatic carbocycles. The van der Waals surface area contributed by atoms with Gasteiger partial charge >= 0.3 is 0 Å². The van der Waals surface area contributed by atoms with E-state index in [1.165, 1.54) is 19.2 Å². The van der Waals surface area contributed by atoms with Crippen LogP contribution in [0.5, 0.6) is 5.75 Å². The summed E-state index contributed by atoms with van der Waals surface area (Å²) in [5.41, 5.74) is 1.27. The lowest BCUT2D eigenvalue weighted by molar-refractivity contribution is 0.387. The molecule has 0 atom stereocenters. The average molecular weight is 277 g/mol. The van der Waals surface area contributed by atoms with E-state index < -0.39 is 11.6 Å². The maximum atomic E-state index is 14.1. The second-order valence-corrected chi connectivity index (χ2v) is 4.42. The molecule has 1 N–H and O–H groups in total. The monoisotopic (exact) mass is 277 g/mol. The van der Waals surface area contributed by atoms with Crippen LogP contribution < -0.4 is 10.1 Å². The largest absolute Gasteiger partial charge is 0.494 e. The maximum Gasteiger partial charge on any atom is 0.172 e. The molecule has 0 fully saturated rings. The number of hydrogen-bond donors (Lipinski definition) is 1. The molecule has 0 amide bonds. The number of nitrogens with one attached hydrogen (secondary N) is 1. The molecule has 0 saturated heterocycles. The van der Waals surface area contributed by atoms with Crippen LogP contribution in [-0.4, -0.2) is 13.7 Å². The molecule has 2 aromatic carbocycles. The van der Waals surface area contributed by atoms with Gasteiger partial charge in [-0.05, 0) is 24.2 Å². The van der Waals surface area contributed by atoms with Gasteiger partial charge in [-0.2, -0.15) is 0 Å². The molecule has 20 heavy (non-hydrogen) atoms. The Kier molecular flexibility index (Phi) is 4.69. The van der Waals surface area contributed by atoms with Crippen molar-refractivity contribution in [3.63, 3.8) is 0 Å². The molecule has 0 heterocycles. The van der Waals surface area contributed by atoms with E-state index in [4.69, 9.17) is 4.74 Å². The zero-order chi connectivity index (χ0) is 14.5. The summed E-state index contributed by atoms with van der Waals surface area (Å²) < 4.78 is 33.2. The molecule has 2 rings (SSSR count). The van der Waals surface area contributed by atoms with Crippen molar-refractivity contribution in [2.24, 2.45) is 0 Å². The lowest BCUT2D eigenvalue weighted by Gasteiger charge is -2.10. The van der Waals surface area contributed by atoms with Crippen molar-refractivity contribution in [3.8, 4) is 16.9 Å². The predicted molar refractivity (Wildman–Crippen MR) is 75.7 cm³/mol. The number of ether oxygens (including phenoxy) is 1. The first-order valence-corrected chi connectivity index (χ1v) is 6.49. The van der Waals surface area contributed by atoms with Crippen LogP contribution in [0.15, 0.2) is 36.4 Å². The number of methoxy groups -OCH3 is 1. The van der Waals surface area contributed by atoms with Gasteiger partial charge in [-0.3, -0.25) is 0 Å². The molecule has 0 aliphatic heterocycles. The van der Waals surface area contributed by atoms with Crippen LogP contribution in [0.2, 0.25) is 0 Å². The van der Waals surface area contributed by atoms with Crippen molar-refractivity contribution in [2.45, 2.75) is 13.5 Å². The van der Waals surface area contributed by atoms with Gasteiger partial charge < -0.3 is 10.1 Å². The minimum Gasteiger partial charge on any atom is -0.494 e. The summed E-state index contributed by atoms with van der Waals surface area (Å²) in [6.07, 6.45) is 0. The third kappa shape index (κ3) is 2.96. The predicted octanol–water partition coefficient (Wildman–Crippen LogP) is 3.75. The fraction of sp³-hybridized carbons (Fsp3) is 0.250. The summed E-state index contributed by atoms with van der Waals surface area (Å²) in [6.45, 7) is 3.39. The van der Waals surface area contributed by atoms with E-state index in [9.17, 15) is 8.78 Å². The second kappa shape index (κ2) is 6.48. The van der Waals surface area contributed by atoms with Crippen LogP contribution in [0.3, 0.4) is 0 Å². The molecule has 0 radical (unpaired) electrons. The van der Waals surface area contributed by atoms with Gasteiger partial charge in [-0.1, -0.05) is 31.2 Å². The standard InChI is InChI=1S/C16H17F2NO/c1-3-19-10-11-7-8-12(14(17)9-11)13-5-4-6-15(20-2)16(13)18/h4-9,19H,3,10H2,1-2H3. The Morgan fingerprint density at radius 2 is 1.90 bits per heavy atom. The lowest BCUT2D eigenvalue weighted by atomic mass is 10.0. The SMILES string of the molecule is CCNCc1ccc(-c2cccc(OC)c2F)c(F)c1. The zero-order valence-electron chi connectivity index (χ0n) is 11.5. The summed E-state index contributed by atoms with van der Waals surface area (Å²) in [4.78, 5) is 0. The van der Waals surface area contributed by atoms with Gasteiger partial charge in [0.1, 0.15) is 5.82 Å². The molecule has 2 aromatic rings. The molecule has 0 aliphatic rings. The molecule has 2 nitrogen and oxygen atoms in total. The summed E-state index contributed by atoms with van der Waals surface area (Å²) in [5, 5.41) is 3.12. The highest BCUT2D eigenvalue weighted by Gasteiger charge is 2.14. The number of benzene rings is 2. The normalized spacial score (nSPS) is 10.6. The molecule has 4 heteroatoms. The first-order valence-electron chi connectivity index (χ1n) is 6.49. The smallest absolute Gasteiger partial charge is 0.172 e. The van der Waals surface area contributed by atoms with Gasteiger partial charge in [0.25, 0.3) is 0 Å². The van der Waals surface area contributed by atoms with Gasteiger partial charge in [-0.15, -0.1) is 0 Å². The van der Waals surface area contributed by atoms with E-state index in [2.05, 4.69) is 5.32 Å². The third-order valence-corrected chi connectivity index (χ3v) is 3.09. The maximum absolute atomic E-state index is 14.1. The average Bonchev–Trinajstić information content (AvgIpc) is 2.46. The van der Waals surface area contributed by atoms with E-state index in [1.54, 1.807) is 24.3 Å². The van der Waals surface area contributed by atoms with E-state index in [-0.39, 0.29) is 16.9 Å². The minimum absolute atomic E-state index is 0.110. The Labute approximate surface area is 117 Å². The van der Waals surface area contributed by atoms with Crippen molar-refractivity contribution in [3.05, 3.63) is 53.6 Å². The second-order valence-electron chi connectivity index (χ2n) is 4.42. The Hall–Kier alpha value is -1.94. The van der Waals surface area contributed by atoms with Crippen LogP contribution in [0.4, 0.5) is 8.78 Å². The summed E-state index contributed by atoms with van der Waals surface area (Å²) >= 11 is 0. The molecule has 0 unspecified atom stereocenters. The molecular formula is C16H17F2NO. The summed E-state index contributed by atoms with van der Waals surface area (Å²) in [5.74, 6) is -0.875. The van der Waals surface area contributed by atoms with Crippen LogP contribution in [0, 0.1) is 11.6 Å². The molecule has 0 saturated carbocycles. The third-order valence-electron chi connectivity index (χ3n) is 3.09. The highest BCUT2D eigenvalue weighted by atomic mass is 19.1. The number of halogens is 2. The Morgan fingerprint density at radius 3 is 2.55 bits per heavy atom.